The van der Waals surface area contributed by atoms with Gasteiger partial charge in [0.2, 0.25) is 0 Å². The molecule has 1 aliphatic carbocycles. The van der Waals surface area contributed by atoms with E-state index in [2.05, 4.69) is 32.4 Å². The zero-order valence-electron chi connectivity index (χ0n) is 11.8. The Balaban J connectivity index is 1.34. The molecule has 2 aliphatic rings. The zero-order valence-corrected chi connectivity index (χ0v) is 11.8. The quantitative estimate of drug-likeness (QED) is 0.896. The molecule has 0 spiro atoms. The predicted molar refractivity (Wildman–Crippen MR) is 80.6 cm³/mol. The molecule has 2 aromatic rings. The number of piperidine rings is 1. The average molecular weight is 270 g/mol. The number of fused-ring (bicyclic) bond motifs is 1. The zero-order chi connectivity index (χ0) is 13.4. The highest BCUT2D eigenvalue weighted by atomic mass is 15.2. The summed E-state index contributed by atoms with van der Waals surface area (Å²) in [5.41, 5.74) is 2.32. The van der Waals surface area contributed by atoms with Crippen LogP contribution in [0.3, 0.4) is 0 Å². The highest BCUT2D eigenvalue weighted by Crippen LogP contribution is 2.29. The highest BCUT2D eigenvalue weighted by molar-refractivity contribution is 5.79. The Morgan fingerprint density at radius 1 is 1.25 bits per heavy atom. The normalized spacial score (nSPS) is 21.6. The number of aromatic amines is 1. The molecule has 0 amide bonds. The summed E-state index contributed by atoms with van der Waals surface area (Å²) < 4.78 is 0. The largest absolute Gasteiger partial charge is 0.346 e. The maximum Gasteiger partial charge on any atom is 0.137 e. The number of likely N-dealkylation sites (tertiary alicyclic amines) is 1. The first-order chi connectivity index (χ1) is 9.90. The average Bonchev–Trinajstić information content (AvgIpc) is 3.27. The summed E-state index contributed by atoms with van der Waals surface area (Å²) in [5.74, 6) is 0. The van der Waals surface area contributed by atoms with Crippen LogP contribution in [-0.2, 0) is 6.54 Å². The minimum absolute atomic E-state index is 0.673. The van der Waals surface area contributed by atoms with Crippen LogP contribution in [0.1, 0.15) is 31.2 Å². The van der Waals surface area contributed by atoms with Crippen LogP contribution in [0.2, 0.25) is 0 Å². The number of rotatable bonds is 4. The summed E-state index contributed by atoms with van der Waals surface area (Å²) >= 11 is 0. The number of nitrogens with one attached hydrogen (secondary N) is 2. The molecule has 20 heavy (non-hydrogen) atoms. The van der Waals surface area contributed by atoms with Crippen LogP contribution in [0.4, 0.5) is 0 Å². The van der Waals surface area contributed by atoms with Gasteiger partial charge in [0, 0.05) is 36.4 Å². The van der Waals surface area contributed by atoms with Gasteiger partial charge in [-0.05, 0) is 56.5 Å². The molecule has 1 saturated carbocycles. The van der Waals surface area contributed by atoms with Crippen LogP contribution in [0.5, 0.6) is 0 Å². The standard InChI is InChI=1S/C16H22N4/c1-2-15-12(11-19-16(15)17-7-1)10-18-13-5-8-20(9-6-13)14-3-4-14/h1-2,7,11,13-14,18H,3-6,8-10H2,(H,17,19). The fourth-order valence-electron chi connectivity index (χ4n) is 3.32. The van der Waals surface area contributed by atoms with E-state index in [1.165, 1.54) is 49.7 Å². The second-order valence-corrected chi connectivity index (χ2v) is 6.14. The molecule has 4 nitrogen and oxygen atoms in total. The van der Waals surface area contributed by atoms with Gasteiger partial charge in [-0.2, -0.15) is 0 Å². The summed E-state index contributed by atoms with van der Waals surface area (Å²) in [6.45, 7) is 3.50. The van der Waals surface area contributed by atoms with Crippen molar-refractivity contribution in [3.8, 4) is 0 Å². The van der Waals surface area contributed by atoms with Crippen LogP contribution in [0.25, 0.3) is 11.0 Å². The van der Waals surface area contributed by atoms with E-state index in [1.54, 1.807) is 0 Å². The van der Waals surface area contributed by atoms with Crippen molar-refractivity contribution in [2.24, 2.45) is 0 Å². The summed E-state index contributed by atoms with van der Waals surface area (Å²) in [6.07, 6.45) is 9.36. The summed E-state index contributed by atoms with van der Waals surface area (Å²) in [4.78, 5) is 10.3. The minimum atomic E-state index is 0.673. The molecule has 106 valence electrons. The Hall–Kier alpha value is -1.39. The number of H-pyrrole nitrogens is 1. The predicted octanol–water partition coefficient (Wildman–Crippen LogP) is 2.28. The van der Waals surface area contributed by atoms with E-state index < -0.39 is 0 Å². The van der Waals surface area contributed by atoms with E-state index in [1.807, 2.05) is 12.3 Å². The third kappa shape index (κ3) is 2.45. The molecule has 4 heteroatoms. The van der Waals surface area contributed by atoms with Gasteiger partial charge in [-0.3, -0.25) is 0 Å². The lowest BCUT2D eigenvalue weighted by Gasteiger charge is -2.32. The van der Waals surface area contributed by atoms with Gasteiger partial charge in [-0.15, -0.1) is 0 Å². The Bertz CT molecular complexity index is 579. The van der Waals surface area contributed by atoms with Crippen molar-refractivity contribution >= 4 is 11.0 Å². The Kier molecular flexibility index (Phi) is 3.20. The highest BCUT2D eigenvalue weighted by Gasteiger charge is 2.31. The van der Waals surface area contributed by atoms with Gasteiger partial charge in [-0.1, -0.05) is 0 Å². The van der Waals surface area contributed by atoms with Crippen molar-refractivity contribution in [2.45, 2.75) is 44.3 Å². The van der Waals surface area contributed by atoms with Gasteiger partial charge in [-0.25, -0.2) is 4.98 Å². The topological polar surface area (TPSA) is 44.0 Å². The van der Waals surface area contributed by atoms with Gasteiger partial charge in [0.25, 0.3) is 0 Å². The lowest BCUT2D eigenvalue weighted by Crippen LogP contribution is -2.43. The second-order valence-electron chi connectivity index (χ2n) is 6.14. The number of aromatic nitrogens is 2. The SMILES string of the molecule is c1cnc2[nH]cc(CNC3CCN(C4CC4)CC3)c2c1. The monoisotopic (exact) mass is 270 g/mol. The number of pyridine rings is 1. The first kappa shape index (κ1) is 12.4. The fraction of sp³-hybridized carbons (Fsp3) is 0.562. The van der Waals surface area contributed by atoms with E-state index in [4.69, 9.17) is 0 Å². The fourth-order valence-corrected chi connectivity index (χ4v) is 3.32. The van der Waals surface area contributed by atoms with Crippen LogP contribution < -0.4 is 5.32 Å². The van der Waals surface area contributed by atoms with E-state index in [0.29, 0.717) is 6.04 Å². The molecule has 0 radical (unpaired) electrons. The smallest absolute Gasteiger partial charge is 0.137 e. The van der Waals surface area contributed by atoms with Crippen molar-refractivity contribution in [3.63, 3.8) is 0 Å². The summed E-state index contributed by atoms with van der Waals surface area (Å²) in [7, 11) is 0. The van der Waals surface area contributed by atoms with Crippen LogP contribution in [-0.4, -0.2) is 40.0 Å². The van der Waals surface area contributed by atoms with Crippen molar-refractivity contribution in [1.82, 2.24) is 20.2 Å². The molecule has 1 aliphatic heterocycles. The molecule has 0 unspecified atom stereocenters. The van der Waals surface area contributed by atoms with E-state index in [9.17, 15) is 0 Å². The third-order valence-electron chi connectivity index (χ3n) is 4.71. The van der Waals surface area contributed by atoms with Crippen molar-refractivity contribution < 1.29 is 0 Å². The van der Waals surface area contributed by atoms with Crippen molar-refractivity contribution in [1.29, 1.82) is 0 Å². The molecule has 4 rings (SSSR count). The molecule has 0 atom stereocenters. The number of hydrogen-bond acceptors (Lipinski definition) is 3. The lowest BCUT2D eigenvalue weighted by atomic mass is 10.0. The van der Waals surface area contributed by atoms with Gasteiger partial charge in [0.15, 0.2) is 0 Å². The maximum atomic E-state index is 4.34. The molecular formula is C16H22N4. The number of hydrogen-bond donors (Lipinski definition) is 2. The first-order valence-corrected chi connectivity index (χ1v) is 7.78. The molecular weight excluding hydrogens is 248 g/mol. The summed E-state index contributed by atoms with van der Waals surface area (Å²) in [6, 6.07) is 5.75. The minimum Gasteiger partial charge on any atom is -0.346 e. The van der Waals surface area contributed by atoms with Gasteiger partial charge in [0.05, 0.1) is 0 Å². The lowest BCUT2D eigenvalue weighted by molar-refractivity contribution is 0.189. The van der Waals surface area contributed by atoms with Crippen molar-refractivity contribution in [2.75, 3.05) is 13.1 Å². The molecule has 0 aromatic carbocycles. The van der Waals surface area contributed by atoms with Gasteiger partial charge < -0.3 is 15.2 Å². The van der Waals surface area contributed by atoms with Crippen LogP contribution in [0, 0.1) is 0 Å². The van der Waals surface area contributed by atoms with Crippen molar-refractivity contribution in [3.05, 3.63) is 30.1 Å². The van der Waals surface area contributed by atoms with Gasteiger partial charge in [0.1, 0.15) is 5.65 Å². The molecule has 2 aromatic heterocycles. The molecule has 2 fully saturated rings. The number of nitrogens with zero attached hydrogens (tertiary/aromatic N) is 2. The molecule has 2 N–H and O–H groups in total. The Morgan fingerprint density at radius 2 is 2.10 bits per heavy atom. The summed E-state index contributed by atoms with van der Waals surface area (Å²) in [5, 5.41) is 4.97. The second kappa shape index (κ2) is 5.19. The van der Waals surface area contributed by atoms with E-state index in [0.717, 1.165) is 18.2 Å². The van der Waals surface area contributed by atoms with Crippen LogP contribution in [0.15, 0.2) is 24.5 Å². The third-order valence-corrected chi connectivity index (χ3v) is 4.71. The molecule has 0 bridgehead atoms. The van der Waals surface area contributed by atoms with Crippen LogP contribution >= 0.6 is 0 Å². The Labute approximate surface area is 119 Å². The first-order valence-electron chi connectivity index (χ1n) is 7.78. The molecule has 1 saturated heterocycles. The molecule has 3 heterocycles. The van der Waals surface area contributed by atoms with Gasteiger partial charge >= 0.3 is 0 Å². The van der Waals surface area contributed by atoms with E-state index in [-0.39, 0.29) is 0 Å². The maximum absolute atomic E-state index is 4.34. The van der Waals surface area contributed by atoms with E-state index >= 15 is 0 Å². The Morgan fingerprint density at radius 3 is 2.90 bits per heavy atom.